The molecule has 10 rings (SSSR count). The maximum atomic E-state index is 13.2. The standard InChI is InChI=1S/C21H18FN5O3S.C16H17BFN5O2.C15H17BBrFN4O2/c22-16-6-8-17(9-7-16)27-21(28)19(14-23)20(15-24-27)25-10-12-26(13-11-25)31(29,30)18-4-2-1-3-5-18;1-17(25)22-8-6-21(7-9-22)15-11-20-23(16(24)14(15)10-19)13-4-2-12(18)3-5-13;1-16(24)21-8-6-20(7-9-21)13-10-19-22(15(23)14(13)17)12-4-2-11(18)3-5-12/h1-9,15H,10-13H2;2-5,11,25H,6-9H2,1H3;2-5,10,24H,6-9H2,1H3. The summed E-state index contributed by atoms with van der Waals surface area (Å²) in [6.07, 6.45) is 4.53. The Morgan fingerprint density at radius 3 is 1.18 bits per heavy atom. The van der Waals surface area contributed by atoms with Gasteiger partial charge in [-0.2, -0.15) is 44.2 Å². The molecule has 0 atom stereocenters. The Balaban J connectivity index is 0.000000159. The SMILES string of the molecule is CB(O)N1CCN(c2cnn(-c3ccc(F)cc3)c(=O)c2Br)CC1.CB(O)N1CCN(c2cnn(-c3ccc(F)cc3)c(=O)c2C#N)CC1.N#Cc1c(N2CCN(S(=O)(=O)c3ccccc3)CC2)cnn(-c2ccc(F)cc2)c1=O. The van der Waals surface area contributed by atoms with E-state index < -0.39 is 46.9 Å². The molecule has 412 valence electrons. The fourth-order valence-corrected chi connectivity index (χ4v) is 11.1. The number of hydrogen-bond acceptors (Lipinski definition) is 17. The van der Waals surface area contributed by atoms with Gasteiger partial charge in [-0.1, -0.05) is 18.2 Å². The van der Waals surface area contributed by atoms with Gasteiger partial charge in [-0.3, -0.25) is 14.4 Å². The number of benzene rings is 4. The normalized spacial score (nSPS) is 15.2. The van der Waals surface area contributed by atoms with Crippen LogP contribution in [0.15, 0.2) is 145 Å². The van der Waals surface area contributed by atoms with Crippen LogP contribution in [0.2, 0.25) is 13.6 Å². The molecule has 0 amide bonds. The van der Waals surface area contributed by atoms with Gasteiger partial charge in [-0.15, -0.1) is 0 Å². The molecule has 4 aromatic carbocycles. The number of rotatable bonds is 10. The highest BCUT2D eigenvalue weighted by molar-refractivity contribution is 9.10. The van der Waals surface area contributed by atoms with Crippen molar-refractivity contribution in [3.8, 4) is 29.2 Å². The lowest BCUT2D eigenvalue weighted by molar-refractivity contribution is 0.344. The molecule has 0 bridgehead atoms. The summed E-state index contributed by atoms with van der Waals surface area (Å²) >= 11 is 3.37. The minimum Gasteiger partial charge on any atom is -0.437 e. The molecule has 0 radical (unpaired) electrons. The molecule has 2 N–H and O–H groups in total. The predicted octanol–water partition coefficient (Wildman–Crippen LogP) is 3.60. The summed E-state index contributed by atoms with van der Waals surface area (Å²) in [5.74, 6) is -1.22. The van der Waals surface area contributed by atoms with Crippen LogP contribution in [0, 0.1) is 40.1 Å². The second-order valence-corrected chi connectivity index (χ2v) is 21.2. The zero-order valence-electron chi connectivity index (χ0n) is 43.3. The van der Waals surface area contributed by atoms with Gasteiger partial charge in [0.2, 0.25) is 10.0 Å². The quantitative estimate of drug-likeness (QED) is 0.186. The van der Waals surface area contributed by atoms with Crippen molar-refractivity contribution in [3.63, 3.8) is 0 Å². The summed E-state index contributed by atoms with van der Waals surface area (Å²) in [7, 11) is -4.61. The molecule has 3 aliphatic rings. The average molecular weight is 1180 g/mol. The van der Waals surface area contributed by atoms with E-state index in [4.69, 9.17) is 0 Å². The molecular formula is C52H52B2BrF3N14O7S. The van der Waals surface area contributed by atoms with Gasteiger partial charge < -0.3 is 34.4 Å². The summed E-state index contributed by atoms with van der Waals surface area (Å²) in [4.78, 5) is 47.9. The third-order valence-electron chi connectivity index (χ3n) is 13.6. The molecule has 0 saturated carbocycles. The van der Waals surface area contributed by atoms with Crippen molar-refractivity contribution >= 4 is 57.1 Å². The second kappa shape index (κ2) is 25.9. The molecule has 3 aromatic heterocycles. The van der Waals surface area contributed by atoms with Gasteiger partial charge >= 0.3 is 14.1 Å². The number of piperazine rings is 3. The van der Waals surface area contributed by atoms with Crippen LogP contribution in [0.3, 0.4) is 0 Å². The summed E-state index contributed by atoms with van der Waals surface area (Å²) in [5, 5.41) is 50.8. The van der Waals surface area contributed by atoms with Crippen molar-refractivity contribution in [3.05, 3.63) is 186 Å². The van der Waals surface area contributed by atoms with E-state index in [0.717, 1.165) is 15.1 Å². The number of halogens is 4. The first-order valence-corrected chi connectivity index (χ1v) is 27.4. The van der Waals surface area contributed by atoms with Crippen LogP contribution in [0.25, 0.3) is 17.1 Å². The van der Waals surface area contributed by atoms with Gasteiger partial charge in [0.1, 0.15) is 45.2 Å². The van der Waals surface area contributed by atoms with Crippen molar-refractivity contribution in [1.29, 1.82) is 10.5 Å². The predicted molar refractivity (Wildman–Crippen MR) is 299 cm³/mol. The number of nitriles is 2. The van der Waals surface area contributed by atoms with Crippen LogP contribution in [0.4, 0.5) is 30.2 Å². The smallest absolute Gasteiger partial charge is 0.376 e. The summed E-state index contributed by atoms with van der Waals surface area (Å²) < 4.78 is 70.0. The van der Waals surface area contributed by atoms with E-state index in [1.54, 1.807) is 55.1 Å². The minimum atomic E-state index is -3.61. The maximum Gasteiger partial charge on any atom is 0.376 e. The Kier molecular flexibility index (Phi) is 18.8. The molecule has 3 fully saturated rings. The first kappa shape index (κ1) is 58.2. The third kappa shape index (κ3) is 13.2. The first-order valence-electron chi connectivity index (χ1n) is 25.1. The van der Waals surface area contributed by atoms with Gasteiger partial charge in [-0.25, -0.2) is 21.6 Å². The van der Waals surface area contributed by atoms with Crippen molar-refractivity contribution < 1.29 is 31.6 Å². The van der Waals surface area contributed by atoms with E-state index >= 15 is 0 Å². The number of anilines is 3. The maximum absolute atomic E-state index is 13.2. The Labute approximate surface area is 467 Å². The van der Waals surface area contributed by atoms with Crippen molar-refractivity contribution in [2.24, 2.45) is 0 Å². The Morgan fingerprint density at radius 2 is 0.825 bits per heavy atom. The zero-order valence-corrected chi connectivity index (χ0v) is 45.7. The molecule has 3 saturated heterocycles. The van der Waals surface area contributed by atoms with Crippen LogP contribution in [0.5, 0.6) is 0 Å². The van der Waals surface area contributed by atoms with E-state index in [1.165, 1.54) is 94.2 Å². The van der Waals surface area contributed by atoms with E-state index in [-0.39, 0.29) is 40.5 Å². The number of aromatic nitrogens is 6. The fourth-order valence-electron chi connectivity index (χ4n) is 9.11. The van der Waals surface area contributed by atoms with Crippen molar-refractivity contribution in [2.75, 3.05) is 93.2 Å². The van der Waals surface area contributed by atoms with Gasteiger partial charge in [0, 0.05) is 78.5 Å². The molecule has 3 aliphatic heterocycles. The molecule has 7 aromatic rings. The first-order chi connectivity index (χ1) is 38.4. The molecular weight excluding hydrogens is 1120 g/mol. The highest BCUT2D eigenvalue weighted by Gasteiger charge is 2.31. The topological polar surface area (TPSA) is 246 Å². The van der Waals surface area contributed by atoms with Crippen LogP contribution < -0.4 is 31.4 Å². The molecule has 80 heavy (non-hydrogen) atoms. The Hall–Kier alpha value is -7.95. The Morgan fingerprint density at radius 1 is 0.500 bits per heavy atom. The van der Waals surface area contributed by atoms with Crippen molar-refractivity contribution in [1.82, 2.24) is 43.3 Å². The summed E-state index contributed by atoms with van der Waals surface area (Å²) in [5.41, 5.74) is 1.26. The lowest BCUT2D eigenvalue weighted by Gasteiger charge is -2.36. The highest BCUT2D eigenvalue weighted by atomic mass is 79.9. The number of sulfonamides is 1. The molecule has 6 heterocycles. The lowest BCUT2D eigenvalue weighted by atomic mass is 9.84. The van der Waals surface area contributed by atoms with Crippen LogP contribution >= 0.6 is 15.9 Å². The minimum absolute atomic E-state index is 0.00446. The van der Waals surface area contributed by atoms with Gasteiger partial charge in [0.15, 0.2) is 0 Å². The lowest BCUT2D eigenvalue weighted by Crippen LogP contribution is -2.52. The Bertz CT molecular complexity index is 3680. The zero-order chi connectivity index (χ0) is 57.3. The van der Waals surface area contributed by atoms with Crippen LogP contribution in [0.1, 0.15) is 11.1 Å². The van der Waals surface area contributed by atoms with E-state index in [0.29, 0.717) is 98.4 Å². The molecule has 0 unspecified atom stereocenters. The second-order valence-electron chi connectivity index (χ2n) is 18.5. The highest BCUT2D eigenvalue weighted by Crippen LogP contribution is 2.26. The van der Waals surface area contributed by atoms with Gasteiger partial charge in [0.25, 0.3) is 16.7 Å². The van der Waals surface area contributed by atoms with E-state index in [1.807, 2.05) is 26.7 Å². The fraction of sp³-hybridized carbons (Fsp3) is 0.269. The average Bonchev–Trinajstić information content (AvgIpc) is 3.56. The van der Waals surface area contributed by atoms with Crippen LogP contribution in [-0.2, 0) is 10.0 Å². The van der Waals surface area contributed by atoms with Gasteiger partial charge in [-0.05, 0) is 115 Å². The third-order valence-corrected chi connectivity index (χ3v) is 16.2. The number of hydrogen-bond donors (Lipinski definition) is 2. The van der Waals surface area contributed by atoms with E-state index in [2.05, 4.69) is 36.1 Å². The summed E-state index contributed by atoms with van der Waals surface area (Å²) in [6, 6.07) is 28.2. The van der Waals surface area contributed by atoms with Crippen LogP contribution in [-0.4, -0.2) is 154 Å². The van der Waals surface area contributed by atoms with E-state index in [9.17, 15) is 56.5 Å². The number of nitrogens with zero attached hydrogens (tertiary/aromatic N) is 14. The molecule has 28 heteroatoms. The largest absolute Gasteiger partial charge is 0.437 e. The summed E-state index contributed by atoms with van der Waals surface area (Å²) in [6.45, 7) is 9.75. The monoisotopic (exact) mass is 1170 g/mol. The molecule has 21 nitrogen and oxygen atoms in total. The molecule has 0 spiro atoms. The van der Waals surface area contributed by atoms with Gasteiger partial charge in [0.05, 0.1) is 57.6 Å². The molecule has 0 aliphatic carbocycles. The van der Waals surface area contributed by atoms with Crippen molar-refractivity contribution in [2.45, 2.75) is 18.5 Å².